The van der Waals surface area contributed by atoms with Gasteiger partial charge in [-0.3, -0.25) is 14.4 Å². The van der Waals surface area contributed by atoms with E-state index in [1.165, 1.54) is 6.92 Å². The molecule has 0 spiro atoms. The number of amides is 2. The van der Waals surface area contributed by atoms with Crippen LogP contribution in [0.25, 0.3) is 0 Å². The van der Waals surface area contributed by atoms with Crippen molar-refractivity contribution in [1.82, 2.24) is 5.32 Å². The Morgan fingerprint density at radius 2 is 1.64 bits per heavy atom. The lowest BCUT2D eigenvalue weighted by Gasteiger charge is -2.17. The first-order chi connectivity index (χ1) is 11.6. The number of ketones is 1. The van der Waals surface area contributed by atoms with Crippen molar-refractivity contribution in [1.29, 1.82) is 0 Å². The molecule has 0 atom stereocenters. The van der Waals surface area contributed by atoms with E-state index in [4.69, 9.17) is 0 Å². The molecule has 136 valence electrons. The third kappa shape index (κ3) is 6.15. The van der Waals surface area contributed by atoms with Crippen molar-refractivity contribution >= 4 is 91.1 Å². The molecule has 5 nitrogen and oxygen atoms in total. The molecule has 0 aliphatic heterocycles. The Morgan fingerprint density at radius 3 is 2.16 bits per heavy atom. The number of halogens is 3. The zero-order valence-electron chi connectivity index (χ0n) is 14.2. The summed E-state index contributed by atoms with van der Waals surface area (Å²) < 4.78 is 2.59. The predicted octanol–water partition coefficient (Wildman–Crippen LogP) is 4.42. The molecule has 0 fully saturated rings. The first kappa shape index (κ1) is 22.8. The second-order valence-electron chi connectivity index (χ2n) is 5.56. The Kier molecular flexibility index (Phi) is 9.29. The second kappa shape index (κ2) is 10.2. The number of carbonyl (C=O) groups is 3. The first-order valence-corrected chi connectivity index (χ1v) is 10.7. The highest BCUT2D eigenvalue weighted by molar-refractivity contribution is 14.1. The van der Waals surface area contributed by atoms with Crippen molar-refractivity contribution < 1.29 is 14.4 Å². The van der Waals surface area contributed by atoms with Gasteiger partial charge in [0.05, 0.1) is 5.69 Å². The van der Waals surface area contributed by atoms with E-state index in [1.54, 1.807) is 6.92 Å². The summed E-state index contributed by atoms with van der Waals surface area (Å²) in [5.41, 5.74) is 2.74. The minimum absolute atomic E-state index is 0.00414. The van der Waals surface area contributed by atoms with Crippen LogP contribution in [0.1, 0.15) is 42.6 Å². The van der Waals surface area contributed by atoms with Crippen LogP contribution >= 0.6 is 67.8 Å². The van der Waals surface area contributed by atoms with E-state index in [2.05, 4.69) is 85.0 Å². The van der Waals surface area contributed by atoms with Crippen LogP contribution < -0.4 is 10.6 Å². The summed E-state index contributed by atoms with van der Waals surface area (Å²) in [6.07, 6.45) is 0.868. The molecule has 0 bridgehead atoms. The maximum absolute atomic E-state index is 12.7. The van der Waals surface area contributed by atoms with Crippen molar-refractivity contribution in [3.05, 3.63) is 34.0 Å². The van der Waals surface area contributed by atoms with E-state index in [1.807, 2.05) is 6.92 Å². The number of Topliss-reactive ketones (excluding diaryl/α,β-unsaturated/α-hetero) is 1. The van der Waals surface area contributed by atoms with Crippen LogP contribution in [0.2, 0.25) is 0 Å². The number of rotatable bonds is 7. The Hall–Kier alpha value is -0.240. The molecule has 0 heterocycles. The third-order valence-corrected chi connectivity index (χ3v) is 7.15. The quantitative estimate of drug-likeness (QED) is 0.194. The van der Waals surface area contributed by atoms with Crippen LogP contribution in [0.15, 0.2) is 12.2 Å². The lowest BCUT2D eigenvalue weighted by Crippen LogP contribution is -2.25. The predicted molar refractivity (Wildman–Crippen MR) is 125 cm³/mol. The van der Waals surface area contributed by atoms with Crippen molar-refractivity contribution in [2.75, 3.05) is 11.9 Å². The zero-order chi connectivity index (χ0) is 19.3. The molecule has 1 rings (SSSR count). The summed E-state index contributed by atoms with van der Waals surface area (Å²) in [6.45, 7) is 9.03. The summed E-state index contributed by atoms with van der Waals surface area (Å²) in [7, 11) is 0. The fraction of sp³-hybridized carbons (Fsp3) is 0.353. The monoisotopic (exact) mass is 680 g/mol. The van der Waals surface area contributed by atoms with Gasteiger partial charge in [0.2, 0.25) is 11.8 Å². The van der Waals surface area contributed by atoms with Crippen LogP contribution in [-0.2, 0) is 9.59 Å². The Morgan fingerprint density at radius 1 is 1.04 bits per heavy atom. The summed E-state index contributed by atoms with van der Waals surface area (Å²) in [6, 6.07) is 0. The second-order valence-corrected chi connectivity index (χ2v) is 8.80. The van der Waals surface area contributed by atoms with Crippen LogP contribution in [0.5, 0.6) is 0 Å². The van der Waals surface area contributed by atoms with Crippen molar-refractivity contribution in [2.24, 2.45) is 0 Å². The highest BCUT2D eigenvalue weighted by Gasteiger charge is 2.22. The van der Waals surface area contributed by atoms with E-state index in [-0.39, 0.29) is 17.6 Å². The van der Waals surface area contributed by atoms with Crippen molar-refractivity contribution in [3.8, 4) is 0 Å². The van der Waals surface area contributed by atoms with Gasteiger partial charge >= 0.3 is 0 Å². The fourth-order valence-corrected chi connectivity index (χ4v) is 6.08. The van der Waals surface area contributed by atoms with E-state index in [0.717, 1.165) is 16.3 Å². The molecule has 0 radical (unpaired) electrons. The molecule has 1 aromatic rings. The first-order valence-electron chi connectivity index (χ1n) is 7.49. The molecule has 8 heteroatoms. The van der Waals surface area contributed by atoms with Crippen LogP contribution in [0.3, 0.4) is 0 Å². The number of hydrogen-bond acceptors (Lipinski definition) is 3. The summed E-state index contributed by atoms with van der Waals surface area (Å²) in [5.74, 6) is -0.364. The number of carbonyl (C=O) groups excluding carboxylic acids is 3. The molecule has 0 saturated heterocycles. The summed E-state index contributed by atoms with van der Waals surface area (Å²) in [4.78, 5) is 35.6. The number of hydrogen-bond donors (Lipinski definition) is 2. The van der Waals surface area contributed by atoms with Gasteiger partial charge in [-0.05, 0) is 93.6 Å². The minimum atomic E-state index is -0.199. The zero-order valence-corrected chi connectivity index (χ0v) is 20.7. The number of benzene rings is 1. The van der Waals surface area contributed by atoms with Crippen LogP contribution in [0, 0.1) is 17.6 Å². The summed E-state index contributed by atoms with van der Waals surface area (Å²) >= 11 is 6.48. The normalized spacial score (nSPS) is 10.3. The molecule has 0 unspecified atom stereocenters. The standard InChI is InChI=1S/C17H19I3N2O3/c1-8(2)17(25)21-7-5-6-11(24)12-13(18)9(3)14(19)16(15(12)20)22-10(4)23/h1,5-7H2,2-4H3,(H,21,25)(H,22,23). The lowest BCUT2D eigenvalue weighted by atomic mass is 10.0. The molecular weight excluding hydrogens is 661 g/mol. The SMILES string of the molecule is C=C(C)C(=O)NCCCC(=O)c1c(I)c(C)c(I)c(NC(C)=O)c1I. The molecule has 0 aromatic heterocycles. The highest BCUT2D eigenvalue weighted by atomic mass is 127. The van der Waals surface area contributed by atoms with Gasteiger partial charge in [-0.2, -0.15) is 0 Å². The van der Waals surface area contributed by atoms with Gasteiger partial charge in [-0.25, -0.2) is 0 Å². The molecule has 25 heavy (non-hydrogen) atoms. The fourth-order valence-electron chi connectivity index (χ4n) is 2.05. The van der Waals surface area contributed by atoms with Gasteiger partial charge < -0.3 is 10.6 Å². The van der Waals surface area contributed by atoms with Gasteiger partial charge in [0, 0.05) is 41.7 Å². The Balaban J connectivity index is 2.98. The van der Waals surface area contributed by atoms with E-state index >= 15 is 0 Å². The molecular formula is C17H19I3N2O3. The van der Waals surface area contributed by atoms with Crippen LogP contribution in [0.4, 0.5) is 5.69 Å². The third-order valence-electron chi connectivity index (χ3n) is 3.37. The Labute approximate surface area is 188 Å². The van der Waals surface area contributed by atoms with Gasteiger partial charge in [-0.15, -0.1) is 0 Å². The molecule has 0 saturated carbocycles. The van der Waals surface area contributed by atoms with E-state index in [0.29, 0.717) is 36.2 Å². The maximum atomic E-state index is 12.7. The van der Waals surface area contributed by atoms with Gasteiger partial charge in [0.1, 0.15) is 0 Å². The minimum Gasteiger partial charge on any atom is -0.352 e. The average molecular weight is 680 g/mol. The number of anilines is 1. The number of nitrogens with one attached hydrogen (secondary N) is 2. The van der Waals surface area contributed by atoms with Gasteiger partial charge in [0.25, 0.3) is 0 Å². The largest absolute Gasteiger partial charge is 0.352 e. The van der Waals surface area contributed by atoms with Crippen molar-refractivity contribution in [2.45, 2.75) is 33.6 Å². The van der Waals surface area contributed by atoms with Crippen LogP contribution in [-0.4, -0.2) is 24.1 Å². The molecule has 2 amide bonds. The highest BCUT2D eigenvalue weighted by Crippen LogP contribution is 2.35. The van der Waals surface area contributed by atoms with Crippen molar-refractivity contribution in [3.63, 3.8) is 0 Å². The van der Waals surface area contributed by atoms with E-state index in [9.17, 15) is 14.4 Å². The smallest absolute Gasteiger partial charge is 0.246 e. The molecule has 2 N–H and O–H groups in total. The van der Waals surface area contributed by atoms with Gasteiger partial charge in [0.15, 0.2) is 5.78 Å². The molecule has 0 aliphatic rings. The Bertz CT molecular complexity index is 745. The molecule has 1 aromatic carbocycles. The topological polar surface area (TPSA) is 75.3 Å². The van der Waals surface area contributed by atoms with Gasteiger partial charge in [-0.1, -0.05) is 6.58 Å². The van der Waals surface area contributed by atoms with E-state index < -0.39 is 0 Å². The maximum Gasteiger partial charge on any atom is 0.246 e. The lowest BCUT2D eigenvalue weighted by molar-refractivity contribution is -0.117. The summed E-state index contributed by atoms with van der Waals surface area (Å²) in [5, 5.41) is 5.55. The molecule has 0 aliphatic carbocycles. The average Bonchev–Trinajstić information content (AvgIpc) is 2.53.